The van der Waals surface area contributed by atoms with Crippen LogP contribution in [-0.4, -0.2) is 49.2 Å². The molecular weight excluding hydrogens is 467 g/mol. The minimum atomic E-state index is -0.690. The number of ketones is 1. The fraction of sp³-hybridized carbons (Fsp3) is 0.231. The average Bonchev–Trinajstić information content (AvgIpc) is 2.88. The maximum absolute atomic E-state index is 13.9. The number of nitrogens with one attached hydrogen (secondary N) is 1. The van der Waals surface area contributed by atoms with Gasteiger partial charge in [0.1, 0.15) is 22.7 Å². The third-order valence-corrected chi connectivity index (χ3v) is 5.91. The fourth-order valence-electron chi connectivity index (χ4n) is 4.27. The summed E-state index contributed by atoms with van der Waals surface area (Å²) in [5, 5.41) is 3.74. The zero-order valence-corrected chi connectivity index (χ0v) is 19.7. The van der Waals surface area contributed by atoms with Gasteiger partial charge in [0.05, 0.1) is 31.7 Å². The molecule has 36 heavy (non-hydrogen) atoms. The number of hydrogen-bond donors (Lipinski definition) is 1. The Morgan fingerprint density at radius 3 is 2.69 bits per heavy atom. The topological polar surface area (TPSA) is 107 Å². The number of rotatable bonds is 6. The second kappa shape index (κ2) is 9.74. The van der Waals surface area contributed by atoms with E-state index in [1.807, 2.05) is 4.90 Å². The van der Waals surface area contributed by atoms with Gasteiger partial charge in [-0.05, 0) is 43.3 Å². The van der Waals surface area contributed by atoms with Crippen LogP contribution in [-0.2, 0) is 4.74 Å². The normalized spacial score (nSPS) is 13.6. The number of nitrogens with zero attached hydrogens (tertiary/aromatic N) is 3. The van der Waals surface area contributed by atoms with Crippen LogP contribution in [0.15, 0.2) is 57.9 Å². The van der Waals surface area contributed by atoms with Crippen LogP contribution in [0, 0.1) is 5.82 Å². The molecule has 0 unspecified atom stereocenters. The summed E-state index contributed by atoms with van der Waals surface area (Å²) >= 11 is 0. The highest BCUT2D eigenvalue weighted by molar-refractivity contribution is 6.07. The molecule has 0 atom stereocenters. The molecule has 3 heterocycles. The standard InChI is InChI=1S/C26H23FN4O5/c1-15(32)23-24(31-9-11-35-12-10-31)18-5-4-17(14-22(18)36-25(23)33)29-26-28-8-7-20(30-26)19-13-16(27)3-6-21(19)34-2/h3-8,13-14H,9-12H2,1-2H3,(H,28,29,30). The van der Waals surface area contributed by atoms with Gasteiger partial charge in [-0.3, -0.25) is 4.79 Å². The van der Waals surface area contributed by atoms with E-state index in [1.54, 1.807) is 30.5 Å². The zero-order valence-electron chi connectivity index (χ0n) is 19.7. The van der Waals surface area contributed by atoms with Crippen LogP contribution in [0.1, 0.15) is 17.3 Å². The lowest BCUT2D eigenvalue weighted by molar-refractivity contribution is 0.101. The molecule has 0 amide bonds. The molecule has 5 rings (SSSR count). The van der Waals surface area contributed by atoms with Crippen LogP contribution in [0.25, 0.3) is 22.2 Å². The van der Waals surface area contributed by atoms with Gasteiger partial charge in [-0.2, -0.15) is 0 Å². The summed E-state index contributed by atoms with van der Waals surface area (Å²) in [6, 6.07) is 11.1. The first-order chi connectivity index (χ1) is 17.4. The Hall–Kier alpha value is -4.31. The van der Waals surface area contributed by atoms with Crippen molar-refractivity contribution in [1.29, 1.82) is 0 Å². The van der Waals surface area contributed by atoms with Crippen molar-refractivity contribution in [3.8, 4) is 17.0 Å². The zero-order chi connectivity index (χ0) is 25.2. The van der Waals surface area contributed by atoms with Crippen molar-refractivity contribution in [2.75, 3.05) is 43.6 Å². The van der Waals surface area contributed by atoms with Gasteiger partial charge < -0.3 is 24.1 Å². The number of halogens is 1. The number of fused-ring (bicyclic) bond motifs is 1. The van der Waals surface area contributed by atoms with Crippen LogP contribution >= 0.6 is 0 Å². The van der Waals surface area contributed by atoms with Gasteiger partial charge in [-0.15, -0.1) is 0 Å². The van der Waals surface area contributed by atoms with Crippen molar-refractivity contribution in [2.24, 2.45) is 0 Å². The van der Waals surface area contributed by atoms with E-state index in [2.05, 4.69) is 15.3 Å². The Morgan fingerprint density at radius 2 is 1.94 bits per heavy atom. The Bertz CT molecular complexity index is 1510. The molecular formula is C26H23FN4O5. The van der Waals surface area contributed by atoms with Crippen molar-refractivity contribution in [1.82, 2.24) is 9.97 Å². The van der Waals surface area contributed by atoms with E-state index in [4.69, 9.17) is 13.9 Å². The number of hydrogen-bond acceptors (Lipinski definition) is 9. The van der Waals surface area contributed by atoms with Crippen molar-refractivity contribution < 1.29 is 23.1 Å². The van der Waals surface area contributed by atoms with Gasteiger partial charge in [0, 0.05) is 42.0 Å². The summed E-state index contributed by atoms with van der Waals surface area (Å²) in [6.45, 7) is 3.48. The maximum Gasteiger partial charge on any atom is 0.349 e. The lowest BCUT2D eigenvalue weighted by Gasteiger charge is -2.30. The number of morpholine rings is 1. The van der Waals surface area contributed by atoms with E-state index < -0.39 is 11.4 Å². The molecule has 10 heteroatoms. The molecule has 1 fully saturated rings. The quantitative estimate of drug-likeness (QED) is 0.315. The molecule has 1 aliphatic heterocycles. The minimum absolute atomic E-state index is 0.0326. The van der Waals surface area contributed by atoms with E-state index in [9.17, 15) is 14.0 Å². The third kappa shape index (κ3) is 4.50. The Kier molecular flexibility index (Phi) is 6.34. The van der Waals surface area contributed by atoms with Crippen LogP contribution in [0.3, 0.4) is 0 Å². The maximum atomic E-state index is 13.9. The molecule has 0 radical (unpaired) electrons. The number of aromatic nitrogens is 2. The first-order valence-corrected chi connectivity index (χ1v) is 11.3. The lowest BCUT2D eigenvalue weighted by Crippen LogP contribution is -2.38. The molecule has 1 N–H and O–H groups in total. The summed E-state index contributed by atoms with van der Waals surface area (Å²) in [5.41, 5.74) is 1.74. The summed E-state index contributed by atoms with van der Waals surface area (Å²) in [5.74, 6) is -0.0310. The van der Waals surface area contributed by atoms with Gasteiger partial charge in [0.25, 0.3) is 0 Å². The largest absolute Gasteiger partial charge is 0.496 e. The first-order valence-electron chi connectivity index (χ1n) is 11.3. The lowest BCUT2D eigenvalue weighted by atomic mass is 10.1. The second-order valence-electron chi connectivity index (χ2n) is 8.21. The van der Waals surface area contributed by atoms with Crippen molar-refractivity contribution in [2.45, 2.75) is 6.92 Å². The van der Waals surface area contributed by atoms with Gasteiger partial charge >= 0.3 is 5.63 Å². The summed E-state index contributed by atoms with van der Waals surface area (Å²) in [4.78, 5) is 35.8. The monoisotopic (exact) mass is 490 g/mol. The van der Waals surface area contributed by atoms with Crippen molar-refractivity contribution in [3.05, 3.63) is 70.5 Å². The van der Waals surface area contributed by atoms with Crippen LogP contribution in [0.2, 0.25) is 0 Å². The van der Waals surface area contributed by atoms with E-state index in [0.29, 0.717) is 65.7 Å². The van der Waals surface area contributed by atoms with E-state index in [1.165, 1.54) is 32.2 Å². The van der Waals surface area contributed by atoms with Crippen molar-refractivity contribution >= 4 is 34.1 Å². The molecule has 0 saturated carbocycles. The van der Waals surface area contributed by atoms with E-state index >= 15 is 0 Å². The molecule has 2 aromatic carbocycles. The van der Waals surface area contributed by atoms with Gasteiger partial charge in [-0.1, -0.05) is 0 Å². The smallest absolute Gasteiger partial charge is 0.349 e. The number of Topliss-reactive ketones (excluding diaryl/α,β-unsaturated/α-hetero) is 1. The third-order valence-electron chi connectivity index (χ3n) is 5.91. The SMILES string of the molecule is COc1ccc(F)cc1-c1ccnc(Nc2ccc3c(N4CCOCC4)c(C(C)=O)c(=O)oc3c2)n1. The summed E-state index contributed by atoms with van der Waals surface area (Å²) in [7, 11) is 1.50. The predicted molar refractivity (Wildman–Crippen MR) is 133 cm³/mol. The highest BCUT2D eigenvalue weighted by Gasteiger charge is 2.24. The highest BCUT2D eigenvalue weighted by Crippen LogP contribution is 2.33. The first kappa shape index (κ1) is 23.4. The Labute approximate surface area is 205 Å². The van der Waals surface area contributed by atoms with E-state index in [0.717, 1.165) is 0 Å². The molecule has 1 aliphatic rings. The number of carbonyl (C=O) groups excluding carboxylic acids is 1. The van der Waals surface area contributed by atoms with Crippen LogP contribution in [0.5, 0.6) is 5.75 Å². The molecule has 2 aromatic heterocycles. The van der Waals surface area contributed by atoms with Gasteiger partial charge in [0.15, 0.2) is 5.78 Å². The molecule has 184 valence electrons. The molecule has 0 spiro atoms. The Balaban J connectivity index is 1.53. The highest BCUT2D eigenvalue weighted by atomic mass is 19.1. The number of ether oxygens (including phenoxy) is 2. The van der Waals surface area contributed by atoms with Crippen LogP contribution < -0.4 is 20.6 Å². The van der Waals surface area contributed by atoms with Gasteiger partial charge in [-0.25, -0.2) is 19.2 Å². The molecule has 0 bridgehead atoms. The molecule has 9 nitrogen and oxygen atoms in total. The Morgan fingerprint density at radius 1 is 1.14 bits per heavy atom. The molecule has 4 aromatic rings. The molecule has 0 aliphatic carbocycles. The number of carbonyl (C=O) groups is 1. The second-order valence-corrected chi connectivity index (χ2v) is 8.21. The van der Waals surface area contributed by atoms with Crippen molar-refractivity contribution in [3.63, 3.8) is 0 Å². The van der Waals surface area contributed by atoms with E-state index in [-0.39, 0.29) is 17.3 Å². The fourth-order valence-corrected chi connectivity index (χ4v) is 4.27. The number of methoxy groups -OCH3 is 1. The predicted octanol–water partition coefficient (Wildman–Crippen LogP) is 4.18. The summed E-state index contributed by atoms with van der Waals surface area (Å²) in [6.07, 6.45) is 1.55. The number of benzene rings is 2. The van der Waals surface area contributed by atoms with Gasteiger partial charge in [0.2, 0.25) is 5.95 Å². The average molecular weight is 490 g/mol. The minimum Gasteiger partial charge on any atom is -0.496 e. The van der Waals surface area contributed by atoms with Crippen LogP contribution in [0.4, 0.5) is 21.7 Å². The summed E-state index contributed by atoms with van der Waals surface area (Å²) < 4.78 is 30.2. The molecule has 1 saturated heterocycles. The number of anilines is 3.